The van der Waals surface area contributed by atoms with Crippen molar-refractivity contribution in [3.8, 4) is 5.75 Å². The van der Waals surface area contributed by atoms with Crippen LogP contribution in [0.3, 0.4) is 0 Å². The van der Waals surface area contributed by atoms with Crippen LogP contribution in [-0.4, -0.2) is 25.5 Å². The second-order valence-corrected chi connectivity index (χ2v) is 6.35. The smallest absolute Gasteiger partial charge is 0.313 e. The quantitative estimate of drug-likeness (QED) is 0.458. The minimum absolute atomic E-state index is 0.444. The predicted molar refractivity (Wildman–Crippen MR) is 101 cm³/mol. The Morgan fingerprint density at radius 3 is 2.43 bits per heavy atom. The van der Waals surface area contributed by atoms with Crippen molar-refractivity contribution >= 4 is 22.5 Å². The Bertz CT molecular complexity index is 1050. The van der Waals surface area contributed by atoms with Gasteiger partial charge in [0.05, 0.1) is 18.6 Å². The lowest BCUT2D eigenvalue weighted by Crippen LogP contribution is -2.19. The third-order valence-corrected chi connectivity index (χ3v) is 4.50. The number of rotatable bonds is 6. The van der Waals surface area contributed by atoms with Crippen molar-refractivity contribution in [3.63, 3.8) is 0 Å². The van der Waals surface area contributed by atoms with E-state index in [4.69, 9.17) is 9.47 Å². The van der Waals surface area contributed by atoms with Crippen molar-refractivity contribution in [2.24, 2.45) is 0 Å². The molecule has 0 unspecified atom stereocenters. The number of esters is 1. The fourth-order valence-electron chi connectivity index (χ4n) is 2.83. The van der Waals surface area contributed by atoms with E-state index < -0.39 is 41.5 Å². The lowest BCUT2D eigenvalue weighted by molar-refractivity contribution is -0.143. The van der Waals surface area contributed by atoms with Gasteiger partial charge < -0.3 is 9.47 Å². The van der Waals surface area contributed by atoms with Crippen molar-refractivity contribution in [1.82, 2.24) is 0 Å². The molecule has 3 aromatic rings. The monoisotopic (exact) mass is 384 g/mol. The second kappa shape index (κ2) is 8.17. The highest BCUT2D eigenvalue weighted by molar-refractivity contribution is 5.98. The predicted octanol–water partition coefficient (Wildman–Crippen LogP) is 4.66. The summed E-state index contributed by atoms with van der Waals surface area (Å²) in [5, 5.41) is 1.89. The third kappa shape index (κ3) is 4.17. The van der Waals surface area contributed by atoms with Crippen molar-refractivity contribution in [3.05, 3.63) is 77.4 Å². The van der Waals surface area contributed by atoms with Gasteiger partial charge in [-0.05, 0) is 53.6 Å². The first-order valence-electron chi connectivity index (χ1n) is 8.61. The molecule has 0 N–H and O–H groups in total. The van der Waals surface area contributed by atoms with Crippen LogP contribution >= 0.6 is 0 Å². The van der Waals surface area contributed by atoms with Gasteiger partial charge in [0.2, 0.25) is 5.78 Å². The molecule has 0 fully saturated rings. The highest BCUT2D eigenvalue weighted by atomic mass is 19.1. The van der Waals surface area contributed by atoms with Gasteiger partial charge in [0, 0.05) is 0 Å². The summed E-state index contributed by atoms with van der Waals surface area (Å²) in [5.74, 6) is -2.92. The summed E-state index contributed by atoms with van der Waals surface area (Å²) in [7, 11) is 1.59. The molecule has 0 heterocycles. The molecule has 3 aromatic carbocycles. The van der Waals surface area contributed by atoms with Crippen LogP contribution in [0.4, 0.5) is 8.78 Å². The van der Waals surface area contributed by atoms with Crippen molar-refractivity contribution in [1.29, 1.82) is 0 Å². The standard InChI is InChI=1S/C22H18F2O4/c1-13(14-3-4-16-10-18(27-2)7-5-15(16)9-14)22(26)28-12-21(25)19-11-17(23)6-8-20(19)24/h3-11,13H,12H2,1-2H3/t13-/m0/s1. The van der Waals surface area contributed by atoms with Gasteiger partial charge in [-0.15, -0.1) is 0 Å². The van der Waals surface area contributed by atoms with Crippen LogP contribution in [0.15, 0.2) is 54.6 Å². The zero-order valence-electron chi connectivity index (χ0n) is 15.4. The molecule has 0 saturated heterocycles. The SMILES string of the molecule is COc1ccc2cc([C@H](C)C(=O)OCC(=O)c3cc(F)ccc3F)ccc2c1. The summed E-state index contributed by atoms with van der Waals surface area (Å²) in [6.45, 7) is 0.995. The molecule has 144 valence electrons. The maximum atomic E-state index is 13.6. The first kappa shape index (κ1) is 19.5. The number of hydrogen-bond acceptors (Lipinski definition) is 4. The molecule has 0 aliphatic rings. The van der Waals surface area contributed by atoms with Crippen LogP contribution in [0.1, 0.15) is 28.8 Å². The number of benzene rings is 3. The summed E-state index contributed by atoms with van der Waals surface area (Å²) in [5.41, 5.74) is 0.271. The van der Waals surface area contributed by atoms with Gasteiger partial charge in [0.25, 0.3) is 0 Å². The first-order chi connectivity index (χ1) is 13.4. The average molecular weight is 384 g/mol. The molecular formula is C22H18F2O4. The molecule has 0 amide bonds. The molecule has 0 aromatic heterocycles. The van der Waals surface area contributed by atoms with Crippen molar-refractivity contribution < 1.29 is 27.8 Å². The van der Waals surface area contributed by atoms with Crippen LogP contribution < -0.4 is 4.74 Å². The van der Waals surface area contributed by atoms with Gasteiger partial charge in [-0.1, -0.05) is 24.3 Å². The largest absolute Gasteiger partial charge is 0.497 e. The number of methoxy groups -OCH3 is 1. The van der Waals surface area contributed by atoms with Crippen LogP contribution in [0.2, 0.25) is 0 Å². The Morgan fingerprint density at radius 2 is 1.68 bits per heavy atom. The van der Waals surface area contributed by atoms with Gasteiger partial charge in [-0.2, -0.15) is 0 Å². The van der Waals surface area contributed by atoms with Gasteiger partial charge in [0.1, 0.15) is 17.4 Å². The summed E-state index contributed by atoms with van der Waals surface area (Å²) in [4.78, 5) is 24.3. The van der Waals surface area contributed by atoms with E-state index in [1.54, 1.807) is 20.1 Å². The first-order valence-corrected chi connectivity index (χ1v) is 8.61. The molecule has 28 heavy (non-hydrogen) atoms. The Hall–Kier alpha value is -3.28. The maximum absolute atomic E-state index is 13.6. The molecule has 0 saturated carbocycles. The Labute approximate surface area is 160 Å². The molecule has 0 aliphatic heterocycles. The number of halogens is 2. The Balaban J connectivity index is 1.69. The summed E-state index contributed by atoms with van der Waals surface area (Å²) in [6, 6.07) is 13.7. The number of Topliss-reactive ketones (excluding diaryl/α,β-unsaturated/α-hetero) is 1. The molecule has 0 radical (unpaired) electrons. The molecule has 3 rings (SSSR count). The lowest BCUT2D eigenvalue weighted by Gasteiger charge is -2.13. The van der Waals surface area contributed by atoms with Crippen LogP contribution in [0, 0.1) is 11.6 Å². The minimum atomic E-state index is -0.861. The summed E-state index contributed by atoms with van der Waals surface area (Å²) in [6.07, 6.45) is 0. The maximum Gasteiger partial charge on any atom is 0.313 e. The van der Waals surface area contributed by atoms with E-state index >= 15 is 0 Å². The lowest BCUT2D eigenvalue weighted by atomic mass is 9.98. The molecule has 4 nitrogen and oxygen atoms in total. The van der Waals surface area contributed by atoms with E-state index in [1.807, 2.05) is 30.3 Å². The third-order valence-electron chi connectivity index (χ3n) is 4.50. The van der Waals surface area contributed by atoms with Crippen LogP contribution in [0.25, 0.3) is 10.8 Å². The Morgan fingerprint density at radius 1 is 0.964 bits per heavy atom. The zero-order chi connectivity index (χ0) is 20.3. The number of carbonyl (C=O) groups excluding carboxylic acids is 2. The van der Waals surface area contributed by atoms with E-state index in [2.05, 4.69) is 0 Å². The van der Waals surface area contributed by atoms with Crippen molar-refractivity contribution in [2.45, 2.75) is 12.8 Å². The molecule has 1 atom stereocenters. The normalized spacial score (nSPS) is 11.9. The fourth-order valence-corrected chi connectivity index (χ4v) is 2.83. The van der Waals surface area contributed by atoms with Crippen LogP contribution in [-0.2, 0) is 9.53 Å². The van der Waals surface area contributed by atoms with E-state index in [-0.39, 0.29) is 0 Å². The minimum Gasteiger partial charge on any atom is -0.497 e. The van der Waals surface area contributed by atoms with E-state index in [0.717, 1.165) is 34.7 Å². The van der Waals surface area contributed by atoms with Gasteiger partial charge >= 0.3 is 5.97 Å². The number of carbonyl (C=O) groups is 2. The highest BCUT2D eigenvalue weighted by Gasteiger charge is 2.20. The van der Waals surface area contributed by atoms with Gasteiger partial charge in [-0.25, -0.2) is 8.78 Å². The number of fused-ring (bicyclic) bond motifs is 1. The topological polar surface area (TPSA) is 52.6 Å². The fraction of sp³-hybridized carbons (Fsp3) is 0.182. The van der Waals surface area contributed by atoms with E-state index in [1.165, 1.54) is 0 Å². The highest BCUT2D eigenvalue weighted by Crippen LogP contribution is 2.26. The van der Waals surface area contributed by atoms with E-state index in [9.17, 15) is 18.4 Å². The number of ether oxygens (including phenoxy) is 2. The molecule has 0 spiro atoms. The zero-order valence-corrected chi connectivity index (χ0v) is 15.4. The summed E-state index contributed by atoms with van der Waals surface area (Å²) < 4.78 is 37.0. The summed E-state index contributed by atoms with van der Waals surface area (Å²) >= 11 is 0. The van der Waals surface area contributed by atoms with Crippen molar-refractivity contribution in [2.75, 3.05) is 13.7 Å². The van der Waals surface area contributed by atoms with Gasteiger partial charge in [-0.3, -0.25) is 9.59 Å². The van der Waals surface area contributed by atoms with E-state index in [0.29, 0.717) is 5.56 Å². The Kier molecular flexibility index (Phi) is 5.68. The molecular weight excluding hydrogens is 366 g/mol. The van der Waals surface area contributed by atoms with Crippen LogP contribution in [0.5, 0.6) is 5.75 Å². The average Bonchev–Trinajstić information content (AvgIpc) is 2.72. The molecule has 0 bridgehead atoms. The number of hydrogen-bond donors (Lipinski definition) is 0. The molecule has 0 aliphatic carbocycles. The van der Waals surface area contributed by atoms with Gasteiger partial charge in [0.15, 0.2) is 6.61 Å². The second-order valence-electron chi connectivity index (χ2n) is 6.35. The molecule has 6 heteroatoms. The number of ketones is 1.